The molecule has 4 heteroatoms. The van der Waals surface area contributed by atoms with Gasteiger partial charge in [-0.05, 0) is 45.6 Å². The van der Waals surface area contributed by atoms with E-state index in [1.165, 1.54) is 19.3 Å². The van der Waals surface area contributed by atoms with Gasteiger partial charge in [0.2, 0.25) is 0 Å². The molecular weight excluding hydrogens is 218 g/mol. The second kappa shape index (κ2) is 6.86. The Kier molecular flexibility index (Phi) is 5.77. The fourth-order valence-electron chi connectivity index (χ4n) is 2.14. The molecule has 1 aliphatic heterocycles. The van der Waals surface area contributed by atoms with Crippen molar-refractivity contribution in [1.29, 1.82) is 0 Å². The van der Waals surface area contributed by atoms with E-state index in [0.717, 1.165) is 24.7 Å². The van der Waals surface area contributed by atoms with Crippen LogP contribution in [0, 0.1) is 0 Å². The summed E-state index contributed by atoms with van der Waals surface area (Å²) in [5.74, 6) is 0. The summed E-state index contributed by atoms with van der Waals surface area (Å²) in [5, 5.41) is 4.11. The van der Waals surface area contributed by atoms with E-state index in [4.69, 9.17) is 12.2 Å². The van der Waals surface area contributed by atoms with Crippen molar-refractivity contribution in [3.63, 3.8) is 0 Å². The molecule has 1 fully saturated rings. The maximum atomic E-state index is 5.42. The van der Waals surface area contributed by atoms with Crippen LogP contribution in [0.15, 0.2) is 12.7 Å². The molecule has 0 aliphatic carbocycles. The molecule has 1 atom stereocenters. The summed E-state index contributed by atoms with van der Waals surface area (Å²) in [5.41, 5.74) is 0. The molecule has 0 bridgehead atoms. The number of nitrogens with one attached hydrogen (secondary N) is 1. The number of piperidine rings is 1. The first-order chi connectivity index (χ1) is 7.65. The van der Waals surface area contributed by atoms with Crippen molar-refractivity contribution in [2.75, 3.05) is 33.7 Å². The minimum absolute atomic E-state index is 0.563. The third kappa shape index (κ3) is 4.10. The van der Waals surface area contributed by atoms with Crippen LogP contribution in [-0.2, 0) is 0 Å². The molecule has 0 radical (unpaired) electrons. The van der Waals surface area contributed by atoms with Gasteiger partial charge in [-0.2, -0.15) is 0 Å². The Morgan fingerprint density at radius 1 is 1.56 bits per heavy atom. The third-order valence-electron chi connectivity index (χ3n) is 2.86. The van der Waals surface area contributed by atoms with E-state index in [1.54, 1.807) is 0 Å². The highest BCUT2D eigenvalue weighted by atomic mass is 32.1. The normalized spacial score (nSPS) is 20.9. The summed E-state index contributed by atoms with van der Waals surface area (Å²) < 4.78 is 0. The Labute approximate surface area is 104 Å². The number of rotatable bonds is 4. The van der Waals surface area contributed by atoms with Gasteiger partial charge in [-0.25, -0.2) is 0 Å². The van der Waals surface area contributed by atoms with E-state index < -0.39 is 0 Å². The highest BCUT2D eigenvalue weighted by molar-refractivity contribution is 7.80. The van der Waals surface area contributed by atoms with Crippen LogP contribution in [0.5, 0.6) is 0 Å². The zero-order valence-corrected chi connectivity index (χ0v) is 11.2. The Bertz CT molecular complexity index is 240. The second-order valence-electron chi connectivity index (χ2n) is 4.58. The van der Waals surface area contributed by atoms with Gasteiger partial charge in [-0.15, -0.1) is 6.58 Å². The maximum Gasteiger partial charge on any atom is 0.169 e. The summed E-state index contributed by atoms with van der Waals surface area (Å²) in [6.07, 6.45) is 5.66. The molecule has 1 saturated heterocycles. The van der Waals surface area contributed by atoms with E-state index in [9.17, 15) is 0 Å². The Morgan fingerprint density at radius 2 is 2.31 bits per heavy atom. The van der Waals surface area contributed by atoms with Crippen molar-refractivity contribution in [3.8, 4) is 0 Å². The third-order valence-corrected chi connectivity index (χ3v) is 3.24. The van der Waals surface area contributed by atoms with Crippen molar-refractivity contribution in [2.24, 2.45) is 0 Å². The lowest BCUT2D eigenvalue weighted by Gasteiger charge is -2.38. The lowest BCUT2D eigenvalue weighted by atomic mass is 10.0. The van der Waals surface area contributed by atoms with Crippen LogP contribution in [0.1, 0.15) is 19.3 Å². The maximum absolute atomic E-state index is 5.42. The minimum Gasteiger partial charge on any atom is -0.359 e. The van der Waals surface area contributed by atoms with Crippen LogP contribution < -0.4 is 5.32 Å². The molecule has 1 heterocycles. The van der Waals surface area contributed by atoms with E-state index in [-0.39, 0.29) is 0 Å². The zero-order chi connectivity index (χ0) is 12.0. The predicted molar refractivity (Wildman–Crippen MR) is 73.7 cm³/mol. The van der Waals surface area contributed by atoms with Gasteiger partial charge in [0.05, 0.1) is 0 Å². The molecule has 0 aromatic heterocycles. The number of likely N-dealkylation sites (N-methyl/N-ethyl adjacent to an activating group) is 1. The van der Waals surface area contributed by atoms with Gasteiger partial charge < -0.3 is 15.1 Å². The van der Waals surface area contributed by atoms with Crippen LogP contribution in [0.2, 0.25) is 0 Å². The fraction of sp³-hybridized carbons (Fsp3) is 0.750. The van der Waals surface area contributed by atoms with Crippen molar-refractivity contribution in [1.82, 2.24) is 15.1 Å². The first-order valence-electron chi connectivity index (χ1n) is 5.95. The monoisotopic (exact) mass is 241 g/mol. The Morgan fingerprint density at radius 3 is 2.94 bits per heavy atom. The van der Waals surface area contributed by atoms with Crippen LogP contribution in [0.3, 0.4) is 0 Å². The topological polar surface area (TPSA) is 18.5 Å². The lowest BCUT2D eigenvalue weighted by Crippen LogP contribution is -2.51. The van der Waals surface area contributed by atoms with Crippen LogP contribution in [0.4, 0.5) is 0 Å². The molecule has 0 aromatic carbocycles. The van der Waals surface area contributed by atoms with Crippen molar-refractivity contribution in [3.05, 3.63) is 12.7 Å². The summed E-state index contributed by atoms with van der Waals surface area (Å²) >= 11 is 5.42. The molecular formula is C12H23N3S. The summed E-state index contributed by atoms with van der Waals surface area (Å²) in [6, 6.07) is 0.563. The molecule has 0 saturated carbocycles. The molecule has 0 amide bonds. The zero-order valence-electron chi connectivity index (χ0n) is 10.4. The van der Waals surface area contributed by atoms with E-state index >= 15 is 0 Å². The Balaban J connectivity index is 2.51. The smallest absolute Gasteiger partial charge is 0.169 e. The SMILES string of the molecule is C=CCNC(=S)N1CCCCC1CN(C)C. The van der Waals surface area contributed by atoms with Crippen LogP contribution in [-0.4, -0.2) is 54.7 Å². The summed E-state index contributed by atoms with van der Waals surface area (Å²) in [4.78, 5) is 4.57. The number of nitrogens with zero attached hydrogens (tertiary/aromatic N) is 2. The van der Waals surface area contributed by atoms with Gasteiger partial charge in [0, 0.05) is 25.7 Å². The molecule has 0 aromatic rings. The lowest BCUT2D eigenvalue weighted by molar-refractivity contribution is 0.193. The standard InChI is InChI=1S/C12H23N3S/c1-4-8-13-12(16)15-9-6-5-7-11(15)10-14(2)3/h4,11H,1,5-10H2,2-3H3,(H,13,16). The molecule has 1 N–H and O–H groups in total. The van der Waals surface area contributed by atoms with Gasteiger partial charge in [0.25, 0.3) is 0 Å². The van der Waals surface area contributed by atoms with Crippen molar-refractivity contribution in [2.45, 2.75) is 25.3 Å². The highest BCUT2D eigenvalue weighted by Gasteiger charge is 2.24. The molecule has 16 heavy (non-hydrogen) atoms. The summed E-state index contributed by atoms with van der Waals surface area (Å²) in [7, 11) is 4.24. The van der Waals surface area contributed by atoms with Crippen molar-refractivity contribution < 1.29 is 0 Å². The minimum atomic E-state index is 0.563. The van der Waals surface area contributed by atoms with Crippen LogP contribution >= 0.6 is 12.2 Å². The average Bonchev–Trinajstić information content (AvgIpc) is 2.26. The number of hydrogen-bond acceptors (Lipinski definition) is 2. The van der Waals surface area contributed by atoms with Gasteiger partial charge in [0.1, 0.15) is 0 Å². The van der Waals surface area contributed by atoms with Crippen LogP contribution in [0.25, 0.3) is 0 Å². The molecule has 1 aliphatic rings. The second-order valence-corrected chi connectivity index (χ2v) is 4.97. The molecule has 3 nitrogen and oxygen atoms in total. The van der Waals surface area contributed by atoms with Gasteiger partial charge in [-0.3, -0.25) is 0 Å². The largest absolute Gasteiger partial charge is 0.359 e. The van der Waals surface area contributed by atoms with E-state index in [2.05, 4.69) is 35.8 Å². The van der Waals surface area contributed by atoms with Gasteiger partial charge in [0.15, 0.2) is 5.11 Å². The molecule has 1 rings (SSSR count). The van der Waals surface area contributed by atoms with Gasteiger partial charge in [-0.1, -0.05) is 6.08 Å². The Hall–Kier alpha value is -0.610. The molecule has 0 spiro atoms. The first-order valence-corrected chi connectivity index (χ1v) is 6.36. The van der Waals surface area contributed by atoms with Gasteiger partial charge >= 0.3 is 0 Å². The molecule has 92 valence electrons. The number of likely N-dealkylation sites (tertiary alicyclic amines) is 1. The average molecular weight is 241 g/mol. The predicted octanol–water partition coefficient (Wildman–Crippen LogP) is 1.46. The summed E-state index contributed by atoms with van der Waals surface area (Å²) in [6.45, 7) is 6.61. The number of hydrogen-bond donors (Lipinski definition) is 1. The number of thiocarbonyl (C=S) groups is 1. The van der Waals surface area contributed by atoms with Crippen molar-refractivity contribution >= 4 is 17.3 Å². The van der Waals surface area contributed by atoms with E-state index in [1.807, 2.05) is 6.08 Å². The quantitative estimate of drug-likeness (QED) is 0.593. The highest BCUT2D eigenvalue weighted by Crippen LogP contribution is 2.17. The fourth-order valence-corrected chi connectivity index (χ4v) is 2.46. The van der Waals surface area contributed by atoms with E-state index in [0.29, 0.717) is 6.04 Å². The first kappa shape index (κ1) is 13.5. The molecule has 1 unspecified atom stereocenters.